The molecule has 0 saturated carbocycles. The van der Waals surface area contributed by atoms with E-state index in [-0.39, 0.29) is 5.41 Å². The average molecular weight is 203 g/mol. The summed E-state index contributed by atoms with van der Waals surface area (Å²) in [5.41, 5.74) is 2.73. The second-order valence-electron chi connectivity index (χ2n) is 4.81. The maximum atomic E-state index is 3.88. The third-order valence-corrected chi connectivity index (χ3v) is 2.55. The Balaban J connectivity index is 2.56. The van der Waals surface area contributed by atoms with Gasteiger partial charge in [0.15, 0.2) is 0 Å². The standard InChI is InChI=1S/C14H21N/c1-12(2)10-15-11-14(3,4)13-8-6-5-7-9-13/h5-9,15H,1,10-11H2,2-4H3. The predicted molar refractivity (Wildman–Crippen MR) is 67.2 cm³/mol. The van der Waals surface area contributed by atoms with Crippen LogP contribution in [0.3, 0.4) is 0 Å². The number of benzene rings is 1. The zero-order valence-corrected chi connectivity index (χ0v) is 10.0. The van der Waals surface area contributed by atoms with E-state index < -0.39 is 0 Å². The van der Waals surface area contributed by atoms with Crippen LogP contribution < -0.4 is 5.32 Å². The van der Waals surface area contributed by atoms with Gasteiger partial charge in [-0.1, -0.05) is 56.3 Å². The molecule has 0 aliphatic heterocycles. The molecule has 1 nitrogen and oxygen atoms in total. The molecule has 0 amide bonds. The van der Waals surface area contributed by atoms with Gasteiger partial charge in [0, 0.05) is 18.5 Å². The third-order valence-electron chi connectivity index (χ3n) is 2.55. The van der Waals surface area contributed by atoms with Crippen molar-refractivity contribution in [2.75, 3.05) is 13.1 Å². The van der Waals surface area contributed by atoms with Crippen molar-refractivity contribution in [3.63, 3.8) is 0 Å². The summed E-state index contributed by atoms with van der Waals surface area (Å²) in [6.45, 7) is 12.3. The van der Waals surface area contributed by atoms with Gasteiger partial charge in [-0.15, -0.1) is 0 Å². The lowest BCUT2D eigenvalue weighted by Gasteiger charge is -2.25. The fraction of sp³-hybridized carbons (Fsp3) is 0.429. The largest absolute Gasteiger partial charge is 0.312 e. The van der Waals surface area contributed by atoms with Crippen LogP contribution in [-0.4, -0.2) is 13.1 Å². The fourth-order valence-electron chi connectivity index (χ4n) is 1.58. The Hall–Kier alpha value is -1.08. The van der Waals surface area contributed by atoms with Crippen molar-refractivity contribution in [1.82, 2.24) is 5.32 Å². The lowest BCUT2D eigenvalue weighted by molar-refractivity contribution is 0.481. The Morgan fingerprint density at radius 3 is 2.40 bits per heavy atom. The van der Waals surface area contributed by atoms with Crippen LogP contribution in [0.1, 0.15) is 26.3 Å². The van der Waals surface area contributed by atoms with Gasteiger partial charge < -0.3 is 5.32 Å². The van der Waals surface area contributed by atoms with E-state index in [1.165, 1.54) is 11.1 Å². The Kier molecular flexibility index (Phi) is 4.10. The van der Waals surface area contributed by atoms with Crippen molar-refractivity contribution >= 4 is 0 Å². The normalized spacial score (nSPS) is 11.4. The van der Waals surface area contributed by atoms with Gasteiger partial charge in [-0.25, -0.2) is 0 Å². The highest BCUT2D eigenvalue weighted by molar-refractivity contribution is 5.23. The smallest absolute Gasteiger partial charge is 0.0159 e. The molecule has 1 rings (SSSR count). The second kappa shape index (κ2) is 5.13. The Labute approximate surface area is 93.2 Å². The highest BCUT2D eigenvalue weighted by Gasteiger charge is 2.19. The quantitative estimate of drug-likeness (QED) is 0.725. The van der Waals surface area contributed by atoms with E-state index in [4.69, 9.17) is 0 Å². The minimum Gasteiger partial charge on any atom is -0.312 e. The summed E-state index contributed by atoms with van der Waals surface area (Å²) in [5.74, 6) is 0. The van der Waals surface area contributed by atoms with Gasteiger partial charge in [-0.2, -0.15) is 0 Å². The zero-order valence-electron chi connectivity index (χ0n) is 10.0. The second-order valence-corrected chi connectivity index (χ2v) is 4.81. The van der Waals surface area contributed by atoms with Crippen LogP contribution in [0.15, 0.2) is 42.5 Å². The first-order valence-corrected chi connectivity index (χ1v) is 5.43. The van der Waals surface area contributed by atoms with Crippen LogP contribution in [0.4, 0.5) is 0 Å². The van der Waals surface area contributed by atoms with E-state index in [1.54, 1.807) is 0 Å². The van der Waals surface area contributed by atoms with Gasteiger partial charge in [0.25, 0.3) is 0 Å². The highest BCUT2D eigenvalue weighted by atomic mass is 14.9. The molecule has 0 aliphatic carbocycles. The molecule has 82 valence electrons. The summed E-state index contributed by atoms with van der Waals surface area (Å²) in [4.78, 5) is 0. The van der Waals surface area contributed by atoms with Gasteiger partial charge in [0.1, 0.15) is 0 Å². The van der Waals surface area contributed by atoms with Crippen LogP contribution in [0.25, 0.3) is 0 Å². The molecule has 0 fully saturated rings. The molecule has 15 heavy (non-hydrogen) atoms. The maximum Gasteiger partial charge on any atom is 0.0159 e. The molecule has 0 bridgehead atoms. The minimum absolute atomic E-state index is 0.177. The number of hydrogen-bond acceptors (Lipinski definition) is 1. The van der Waals surface area contributed by atoms with E-state index >= 15 is 0 Å². The topological polar surface area (TPSA) is 12.0 Å². The van der Waals surface area contributed by atoms with E-state index in [1.807, 2.05) is 6.92 Å². The first-order valence-electron chi connectivity index (χ1n) is 5.43. The van der Waals surface area contributed by atoms with E-state index in [0.29, 0.717) is 0 Å². The molecule has 0 saturated heterocycles. The van der Waals surface area contributed by atoms with Crippen molar-refractivity contribution in [1.29, 1.82) is 0 Å². The van der Waals surface area contributed by atoms with Crippen LogP contribution in [0.2, 0.25) is 0 Å². The molecular weight excluding hydrogens is 182 g/mol. The van der Waals surface area contributed by atoms with Crippen molar-refractivity contribution in [2.24, 2.45) is 0 Å². The van der Waals surface area contributed by atoms with Crippen LogP contribution >= 0.6 is 0 Å². The molecule has 0 aliphatic rings. The average Bonchev–Trinajstić information content (AvgIpc) is 2.18. The predicted octanol–water partition coefficient (Wildman–Crippen LogP) is 3.13. The number of hydrogen-bond donors (Lipinski definition) is 1. The molecule has 1 aromatic rings. The molecule has 1 N–H and O–H groups in total. The molecule has 0 spiro atoms. The number of nitrogens with one attached hydrogen (secondary N) is 1. The van der Waals surface area contributed by atoms with Gasteiger partial charge in [0.2, 0.25) is 0 Å². The van der Waals surface area contributed by atoms with Gasteiger partial charge in [-0.3, -0.25) is 0 Å². The minimum atomic E-state index is 0.177. The van der Waals surface area contributed by atoms with Gasteiger partial charge in [-0.05, 0) is 12.5 Å². The third kappa shape index (κ3) is 3.88. The number of rotatable bonds is 5. The van der Waals surface area contributed by atoms with Crippen molar-refractivity contribution in [3.8, 4) is 0 Å². The summed E-state index contributed by atoms with van der Waals surface area (Å²) in [6, 6.07) is 10.6. The molecule has 0 heterocycles. The molecule has 0 radical (unpaired) electrons. The molecule has 0 aromatic heterocycles. The summed E-state index contributed by atoms with van der Waals surface area (Å²) >= 11 is 0. The summed E-state index contributed by atoms with van der Waals surface area (Å²) in [7, 11) is 0. The van der Waals surface area contributed by atoms with Gasteiger partial charge >= 0.3 is 0 Å². The Bertz CT molecular complexity index is 311. The van der Waals surface area contributed by atoms with Gasteiger partial charge in [0.05, 0.1) is 0 Å². The zero-order chi connectivity index (χ0) is 11.3. The fourth-order valence-corrected chi connectivity index (χ4v) is 1.58. The summed E-state index contributed by atoms with van der Waals surface area (Å²) in [5, 5.41) is 3.42. The molecule has 0 unspecified atom stereocenters. The molecular formula is C14H21N. The van der Waals surface area contributed by atoms with Crippen molar-refractivity contribution in [3.05, 3.63) is 48.0 Å². The lowest BCUT2D eigenvalue weighted by Crippen LogP contribution is -2.33. The van der Waals surface area contributed by atoms with E-state index in [9.17, 15) is 0 Å². The Morgan fingerprint density at radius 1 is 1.27 bits per heavy atom. The van der Waals surface area contributed by atoms with Crippen molar-refractivity contribution in [2.45, 2.75) is 26.2 Å². The molecule has 1 aromatic carbocycles. The first-order chi connectivity index (χ1) is 7.02. The van der Waals surface area contributed by atoms with Crippen LogP contribution in [-0.2, 0) is 5.41 Å². The summed E-state index contributed by atoms with van der Waals surface area (Å²) in [6.07, 6.45) is 0. The van der Waals surface area contributed by atoms with Crippen molar-refractivity contribution < 1.29 is 0 Å². The van der Waals surface area contributed by atoms with Crippen LogP contribution in [0, 0.1) is 0 Å². The van der Waals surface area contributed by atoms with E-state index in [0.717, 1.165) is 13.1 Å². The Morgan fingerprint density at radius 2 is 1.87 bits per heavy atom. The SMILES string of the molecule is C=C(C)CNCC(C)(C)c1ccccc1. The maximum absolute atomic E-state index is 3.88. The summed E-state index contributed by atoms with van der Waals surface area (Å²) < 4.78 is 0. The molecule has 0 atom stereocenters. The van der Waals surface area contributed by atoms with E-state index in [2.05, 4.69) is 56.1 Å². The molecule has 1 heteroatoms. The monoisotopic (exact) mass is 203 g/mol. The lowest BCUT2D eigenvalue weighted by atomic mass is 9.84. The van der Waals surface area contributed by atoms with Crippen LogP contribution in [0.5, 0.6) is 0 Å². The first kappa shape index (κ1) is 12.0. The highest BCUT2D eigenvalue weighted by Crippen LogP contribution is 2.21.